The van der Waals surface area contributed by atoms with E-state index in [1.807, 2.05) is 16.6 Å². The number of alkyl halides is 6. The third-order valence-electron chi connectivity index (χ3n) is 2.56. The van der Waals surface area contributed by atoms with Crippen LogP contribution in [0.1, 0.15) is 19.7 Å². The van der Waals surface area contributed by atoms with Gasteiger partial charge in [0.05, 0.1) is 0 Å². The van der Waals surface area contributed by atoms with Gasteiger partial charge < -0.3 is 10.6 Å². The Morgan fingerprint density at radius 1 is 0.875 bits per heavy atom. The molecule has 0 aliphatic heterocycles. The summed E-state index contributed by atoms with van der Waals surface area (Å²) in [5.41, 5.74) is 0. The summed E-state index contributed by atoms with van der Waals surface area (Å²) in [5, 5.41) is 3.85. The van der Waals surface area contributed by atoms with E-state index in [0.29, 0.717) is 0 Å². The van der Waals surface area contributed by atoms with Crippen molar-refractivity contribution >= 4 is 11.9 Å². The summed E-state index contributed by atoms with van der Waals surface area (Å²) in [7, 11) is 0. The van der Waals surface area contributed by atoms with Crippen molar-refractivity contribution in [3.63, 3.8) is 0 Å². The van der Waals surface area contributed by atoms with Crippen LogP contribution < -0.4 is 10.6 Å². The molecule has 130 valence electrons. The van der Waals surface area contributed by atoms with Crippen molar-refractivity contribution in [2.24, 2.45) is 0 Å². The van der Waals surface area contributed by atoms with E-state index in [9.17, 15) is 26.3 Å². The molecule has 1 rings (SSSR count). The maximum absolute atomic E-state index is 12.6. The molecule has 0 amide bonds. The zero-order valence-corrected chi connectivity index (χ0v) is 12.3. The Hall–Kier alpha value is -2.69. The highest BCUT2D eigenvalue weighted by atomic mass is 19.4. The van der Waals surface area contributed by atoms with Gasteiger partial charge in [0, 0.05) is 0 Å². The third kappa shape index (κ3) is 5.83. The highest BCUT2D eigenvalue weighted by Crippen LogP contribution is 2.24. The predicted molar refractivity (Wildman–Crippen MR) is 73.8 cm³/mol. The van der Waals surface area contributed by atoms with E-state index in [1.165, 1.54) is 0 Å². The molecular weight excluding hydrogens is 340 g/mol. The third-order valence-corrected chi connectivity index (χ3v) is 2.56. The summed E-state index contributed by atoms with van der Waals surface area (Å²) in [4.78, 5) is 10.6. The first kappa shape index (κ1) is 19.4. The van der Waals surface area contributed by atoms with Crippen molar-refractivity contribution in [1.29, 1.82) is 0 Å². The number of hydrogen-bond donors (Lipinski definition) is 2. The minimum atomic E-state index is -4.61. The second-order valence-corrected chi connectivity index (χ2v) is 4.52. The van der Waals surface area contributed by atoms with Gasteiger partial charge in [0.15, 0.2) is 0 Å². The first-order chi connectivity index (χ1) is 10.9. The molecule has 0 aliphatic rings. The fraction of sp³-hybridized carbons (Fsp3) is 0.462. The van der Waals surface area contributed by atoms with Crippen molar-refractivity contribution in [1.82, 2.24) is 15.0 Å². The monoisotopic (exact) mass is 351 g/mol. The molecule has 0 radical (unpaired) electrons. The minimum absolute atomic E-state index is 0.378. The number of terminal acetylenes is 1. The van der Waals surface area contributed by atoms with Crippen molar-refractivity contribution in [3.05, 3.63) is 5.82 Å². The lowest BCUT2D eigenvalue weighted by Crippen LogP contribution is -2.35. The average Bonchev–Trinajstić information content (AvgIpc) is 2.42. The quantitative estimate of drug-likeness (QED) is 0.645. The van der Waals surface area contributed by atoms with Crippen molar-refractivity contribution in [2.45, 2.75) is 38.3 Å². The topological polar surface area (TPSA) is 62.7 Å². The van der Waals surface area contributed by atoms with E-state index >= 15 is 0 Å². The van der Waals surface area contributed by atoms with Crippen LogP contribution in [0, 0.1) is 24.2 Å². The second kappa shape index (κ2) is 7.25. The number of nitrogens with one attached hydrogen (secondary N) is 2. The number of anilines is 2. The molecule has 11 heteroatoms. The van der Waals surface area contributed by atoms with Gasteiger partial charge in [-0.3, -0.25) is 0 Å². The number of aromatic nitrogens is 3. The van der Waals surface area contributed by atoms with Crippen LogP contribution in [0.5, 0.6) is 0 Å². The molecule has 1 aromatic rings. The molecule has 0 aromatic carbocycles. The lowest BCUT2D eigenvalue weighted by Gasteiger charge is -2.19. The van der Waals surface area contributed by atoms with E-state index in [2.05, 4.69) is 26.8 Å². The molecule has 24 heavy (non-hydrogen) atoms. The van der Waals surface area contributed by atoms with E-state index in [0.717, 1.165) is 13.8 Å². The summed E-state index contributed by atoms with van der Waals surface area (Å²) >= 11 is 0. The SMILES string of the molecule is C#CC#Cc1nc(N[C@H](C)C(F)(F)F)nc(N[C@H](C)C(F)(F)F)n1. The van der Waals surface area contributed by atoms with Crippen molar-refractivity contribution < 1.29 is 26.3 Å². The normalized spacial score (nSPS) is 14.0. The van der Waals surface area contributed by atoms with Crippen LogP contribution in [0.2, 0.25) is 0 Å². The fourth-order valence-corrected chi connectivity index (χ4v) is 1.20. The highest BCUT2D eigenvalue weighted by molar-refractivity contribution is 5.41. The van der Waals surface area contributed by atoms with Gasteiger partial charge in [-0.15, -0.1) is 6.42 Å². The molecule has 0 unspecified atom stereocenters. The van der Waals surface area contributed by atoms with Gasteiger partial charge >= 0.3 is 12.4 Å². The number of halogens is 6. The second-order valence-electron chi connectivity index (χ2n) is 4.52. The zero-order valence-electron chi connectivity index (χ0n) is 12.3. The first-order valence-electron chi connectivity index (χ1n) is 6.32. The van der Waals surface area contributed by atoms with E-state index in [-0.39, 0.29) is 5.82 Å². The van der Waals surface area contributed by atoms with E-state index < -0.39 is 36.3 Å². The lowest BCUT2D eigenvalue weighted by molar-refractivity contribution is -0.139. The van der Waals surface area contributed by atoms with Crippen LogP contribution in [-0.2, 0) is 0 Å². The molecule has 1 aromatic heterocycles. The predicted octanol–water partition coefficient (Wildman–Crippen LogP) is 2.58. The standard InChI is InChI=1S/C13H11F6N5/c1-4-5-6-9-22-10(20-7(2)12(14,15)16)24-11(23-9)21-8(3)13(17,18)19/h1,7-8H,2-3H3,(H2,20,21,22,23,24)/t7-,8-/m1/s1. The summed E-state index contributed by atoms with van der Waals surface area (Å²) < 4.78 is 75.3. The molecule has 0 saturated carbocycles. The average molecular weight is 351 g/mol. The van der Waals surface area contributed by atoms with Crippen LogP contribution in [0.25, 0.3) is 0 Å². The Bertz CT molecular complexity index is 639. The van der Waals surface area contributed by atoms with Gasteiger partial charge in [-0.25, -0.2) is 0 Å². The molecule has 2 N–H and O–H groups in total. The Morgan fingerprint density at radius 3 is 1.62 bits per heavy atom. The summed E-state index contributed by atoms with van der Waals surface area (Å²) in [6.45, 7) is 1.59. The zero-order chi connectivity index (χ0) is 18.5. The minimum Gasteiger partial charge on any atom is -0.343 e. The summed E-state index contributed by atoms with van der Waals surface area (Å²) in [6, 6.07) is -4.08. The van der Waals surface area contributed by atoms with Crippen molar-refractivity contribution in [2.75, 3.05) is 10.6 Å². The van der Waals surface area contributed by atoms with Gasteiger partial charge in [-0.05, 0) is 31.6 Å². The largest absolute Gasteiger partial charge is 0.408 e. The Labute approximate surface area is 133 Å². The van der Waals surface area contributed by atoms with Gasteiger partial charge in [0.1, 0.15) is 12.1 Å². The van der Waals surface area contributed by atoms with Crippen LogP contribution in [0.15, 0.2) is 0 Å². The molecule has 0 fully saturated rings. The molecule has 0 bridgehead atoms. The number of hydrogen-bond acceptors (Lipinski definition) is 5. The first-order valence-corrected chi connectivity index (χ1v) is 6.32. The van der Waals surface area contributed by atoms with E-state index in [4.69, 9.17) is 6.42 Å². The molecule has 5 nitrogen and oxygen atoms in total. The van der Waals surface area contributed by atoms with Crippen LogP contribution in [-0.4, -0.2) is 39.4 Å². The number of nitrogens with zero attached hydrogens (tertiary/aromatic N) is 3. The van der Waals surface area contributed by atoms with Crippen LogP contribution in [0.4, 0.5) is 38.2 Å². The molecule has 2 atom stereocenters. The highest BCUT2D eigenvalue weighted by Gasteiger charge is 2.38. The Morgan fingerprint density at radius 2 is 1.29 bits per heavy atom. The summed E-state index contributed by atoms with van der Waals surface area (Å²) in [5.74, 6) is 4.68. The molecule has 0 spiro atoms. The van der Waals surface area contributed by atoms with Crippen molar-refractivity contribution in [3.8, 4) is 24.2 Å². The van der Waals surface area contributed by atoms with Crippen LogP contribution in [0.3, 0.4) is 0 Å². The maximum atomic E-state index is 12.6. The van der Waals surface area contributed by atoms with Gasteiger partial charge in [-0.2, -0.15) is 41.3 Å². The Kier molecular flexibility index (Phi) is 5.85. The molecule has 0 aliphatic carbocycles. The van der Waals surface area contributed by atoms with Gasteiger partial charge in [-0.1, -0.05) is 0 Å². The Balaban J connectivity index is 3.16. The summed E-state index contributed by atoms with van der Waals surface area (Å²) in [6.07, 6.45) is -4.31. The molecule has 1 heterocycles. The van der Waals surface area contributed by atoms with Gasteiger partial charge in [0.2, 0.25) is 17.7 Å². The van der Waals surface area contributed by atoms with Gasteiger partial charge in [0.25, 0.3) is 0 Å². The molecular formula is C13H11F6N5. The van der Waals surface area contributed by atoms with Crippen LogP contribution >= 0.6 is 0 Å². The smallest absolute Gasteiger partial charge is 0.343 e. The maximum Gasteiger partial charge on any atom is 0.408 e. The molecule has 0 saturated heterocycles. The fourth-order valence-electron chi connectivity index (χ4n) is 1.20. The lowest BCUT2D eigenvalue weighted by atomic mass is 10.3. The van der Waals surface area contributed by atoms with E-state index in [1.54, 1.807) is 0 Å². The number of rotatable bonds is 4.